The molecule has 0 aromatic heterocycles. The topological polar surface area (TPSA) is 58.2 Å². The number of benzene rings is 2. The summed E-state index contributed by atoms with van der Waals surface area (Å²) in [6.45, 7) is 6.48. The molecular formula is C28H34N2O2. The summed E-state index contributed by atoms with van der Waals surface area (Å²) in [7, 11) is 0. The van der Waals surface area contributed by atoms with Crippen molar-refractivity contribution >= 4 is 23.2 Å². The van der Waals surface area contributed by atoms with Gasteiger partial charge in [0.05, 0.1) is 5.41 Å². The Balaban J connectivity index is 1.21. The lowest BCUT2D eigenvalue weighted by Gasteiger charge is -2.55. The predicted octanol–water partition coefficient (Wildman–Crippen LogP) is 6.39. The van der Waals surface area contributed by atoms with E-state index in [2.05, 4.69) is 31.4 Å². The molecule has 32 heavy (non-hydrogen) atoms. The van der Waals surface area contributed by atoms with Crippen LogP contribution in [0.5, 0.6) is 0 Å². The molecule has 0 atom stereocenters. The van der Waals surface area contributed by atoms with E-state index in [9.17, 15) is 9.59 Å². The highest BCUT2D eigenvalue weighted by Gasteiger charge is 2.54. The van der Waals surface area contributed by atoms with E-state index in [1.54, 1.807) is 0 Å². The fourth-order valence-electron chi connectivity index (χ4n) is 6.61. The highest BCUT2D eigenvalue weighted by atomic mass is 16.2. The molecule has 4 bridgehead atoms. The smallest absolute Gasteiger partial charge is 0.255 e. The standard InChI is InChI=1S/C28H34N2O2/c1-27(2,3)22-6-4-21(5-7-22)25(31)29-23-8-10-24(11-9-23)30-26(32)28-15-18-12-19(16-28)14-20(13-18)17-28/h4-11,18-20H,12-17H2,1-3H3,(H,29,31)(H,30,32). The molecule has 0 radical (unpaired) electrons. The van der Waals surface area contributed by atoms with Crippen LogP contribution in [0.1, 0.15) is 75.2 Å². The molecule has 4 nitrogen and oxygen atoms in total. The summed E-state index contributed by atoms with van der Waals surface area (Å²) < 4.78 is 0. The molecule has 0 unspecified atom stereocenters. The van der Waals surface area contributed by atoms with Crippen LogP contribution in [0, 0.1) is 23.2 Å². The average Bonchev–Trinajstić information content (AvgIpc) is 2.73. The van der Waals surface area contributed by atoms with Crippen LogP contribution in [0.2, 0.25) is 0 Å². The molecule has 0 aliphatic heterocycles. The summed E-state index contributed by atoms with van der Waals surface area (Å²) in [5.74, 6) is 2.33. The SMILES string of the molecule is CC(C)(C)c1ccc(C(=O)Nc2ccc(NC(=O)C34CC5CC(CC(C5)C3)C4)cc2)cc1. The van der Waals surface area contributed by atoms with Crippen LogP contribution < -0.4 is 10.6 Å². The number of rotatable bonds is 4. The molecule has 0 saturated heterocycles. The summed E-state index contributed by atoms with van der Waals surface area (Å²) in [5.41, 5.74) is 3.28. The molecular weight excluding hydrogens is 396 g/mol. The van der Waals surface area contributed by atoms with E-state index in [1.165, 1.54) is 24.8 Å². The summed E-state index contributed by atoms with van der Waals surface area (Å²) in [5, 5.41) is 6.13. The minimum atomic E-state index is -0.152. The first kappa shape index (κ1) is 21.2. The van der Waals surface area contributed by atoms with Gasteiger partial charge in [0.15, 0.2) is 0 Å². The van der Waals surface area contributed by atoms with E-state index in [1.807, 2.05) is 48.5 Å². The first-order valence-corrected chi connectivity index (χ1v) is 12.0. The zero-order valence-corrected chi connectivity index (χ0v) is 19.4. The second-order valence-electron chi connectivity index (χ2n) is 11.5. The second-order valence-corrected chi connectivity index (χ2v) is 11.5. The van der Waals surface area contributed by atoms with Crippen LogP contribution in [0.4, 0.5) is 11.4 Å². The van der Waals surface area contributed by atoms with E-state index < -0.39 is 0 Å². The Morgan fingerprint density at radius 2 is 1.22 bits per heavy atom. The van der Waals surface area contributed by atoms with Gasteiger partial charge in [0.25, 0.3) is 5.91 Å². The Kier molecular flexibility index (Phi) is 5.15. The van der Waals surface area contributed by atoms with E-state index in [0.29, 0.717) is 5.56 Å². The lowest BCUT2D eigenvalue weighted by atomic mass is 9.49. The van der Waals surface area contributed by atoms with Crippen molar-refractivity contribution in [1.29, 1.82) is 0 Å². The molecule has 0 spiro atoms. The maximum absolute atomic E-state index is 13.2. The van der Waals surface area contributed by atoms with Gasteiger partial charge in [0.1, 0.15) is 0 Å². The van der Waals surface area contributed by atoms with Crippen LogP contribution >= 0.6 is 0 Å². The van der Waals surface area contributed by atoms with Crippen molar-refractivity contribution in [2.75, 3.05) is 10.6 Å². The van der Waals surface area contributed by atoms with Crippen LogP contribution in [-0.4, -0.2) is 11.8 Å². The predicted molar refractivity (Wildman–Crippen MR) is 129 cm³/mol. The van der Waals surface area contributed by atoms with Gasteiger partial charge in [-0.3, -0.25) is 9.59 Å². The lowest BCUT2D eigenvalue weighted by Crippen LogP contribution is -2.51. The van der Waals surface area contributed by atoms with Crippen LogP contribution in [0.3, 0.4) is 0 Å². The van der Waals surface area contributed by atoms with Gasteiger partial charge in [0, 0.05) is 16.9 Å². The molecule has 0 heterocycles. The van der Waals surface area contributed by atoms with Crippen LogP contribution in [0.25, 0.3) is 0 Å². The second kappa shape index (κ2) is 7.75. The van der Waals surface area contributed by atoms with E-state index in [0.717, 1.165) is 48.4 Å². The van der Waals surface area contributed by atoms with E-state index in [4.69, 9.17) is 0 Å². The number of nitrogens with one attached hydrogen (secondary N) is 2. The highest BCUT2D eigenvalue weighted by Crippen LogP contribution is 2.60. The fourth-order valence-corrected chi connectivity index (χ4v) is 6.61. The summed E-state index contributed by atoms with van der Waals surface area (Å²) in [4.78, 5) is 25.8. The largest absolute Gasteiger partial charge is 0.326 e. The van der Waals surface area contributed by atoms with Gasteiger partial charge in [-0.15, -0.1) is 0 Å². The van der Waals surface area contributed by atoms with Crippen molar-refractivity contribution in [3.05, 3.63) is 59.7 Å². The first-order chi connectivity index (χ1) is 15.2. The van der Waals surface area contributed by atoms with Crippen LogP contribution in [0.15, 0.2) is 48.5 Å². The van der Waals surface area contributed by atoms with Crippen molar-refractivity contribution in [3.63, 3.8) is 0 Å². The quantitative estimate of drug-likeness (QED) is 0.590. The zero-order valence-electron chi connectivity index (χ0n) is 19.4. The number of anilines is 2. The maximum Gasteiger partial charge on any atom is 0.255 e. The number of amides is 2. The van der Waals surface area contributed by atoms with Crippen molar-refractivity contribution < 1.29 is 9.59 Å². The number of carbonyl (C=O) groups excluding carboxylic acids is 2. The Bertz CT molecular complexity index is 980. The Morgan fingerprint density at radius 1 is 0.750 bits per heavy atom. The minimum absolute atomic E-state index is 0.0610. The van der Waals surface area contributed by atoms with Gasteiger partial charge in [0.2, 0.25) is 5.91 Å². The normalized spacial score (nSPS) is 28.4. The molecule has 168 valence electrons. The minimum Gasteiger partial charge on any atom is -0.326 e. The van der Waals surface area contributed by atoms with Crippen molar-refractivity contribution in [1.82, 2.24) is 0 Å². The van der Waals surface area contributed by atoms with Gasteiger partial charge in [-0.25, -0.2) is 0 Å². The summed E-state index contributed by atoms with van der Waals surface area (Å²) >= 11 is 0. The van der Waals surface area contributed by atoms with Gasteiger partial charge in [-0.2, -0.15) is 0 Å². The number of hydrogen-bond acceptors (Lipinski definition) is 2. The van der Waals surface area contributed by atoms with E-state index in [-0.39, 0.29) is 22.6 Å². The van der Waals surface area contributed by atoms with Gasteiger partial charge >= 0.3 is 0 Å². The number of carbonyl (C=O) groups is 2. The highest BCUT2D eigenvalue weighted by molar-refractivity contribution is 6.04. The van der Waals surface area contributed by atoms with Gasteiger partial charge in [-0.1, -0.05) is 32.9 Å². The zero-order chi connectivity index (χ0) is 22.5. The van der Waals surface area contributed by atoms with Crippen molar-refractivity contribution in [2.24, 2.45) is 23.2 Å². The molecule has 4 saturated carbocycles. The molecule has 4 heteroatoms. The van der Waals surface area contributed by atoms with Crippen molar-refractivity contribution in [2.45, 2.75) is 64.7 Å². The lowest BCUT2D eigenvalue weighted by molar-refractivity contribution is -0.140. The monoisotopic (exact) mass is 430 g/mol. The molecule has 2 N–H and O–H groups in total. The molecule has 4 aliphatic carbocycles. The Hall–Kier alpha value is -2.62. The van der Waals surface area contributed by atoms with Crippen LogP contribution in [-0.2, 0) is 10.2 Å². The van der Waals surface area contributed by atoms with Gasteiger partial charge < -0.3 is 10.6 Å². The molecule has 2 amide bonds. The fraction of sp³-hybridized carbons (Fsp3) is 0.500. The molecule has 4 fully saturated rings. The maximum atomic E-state index is 13.2. The van der Waals surface area contributed by atoms with Crippen molar-refractivity contribution in [3.8, 4) is 0 Å². The summed E-state index contributed by atoms with van der Waals surface area (Å²) in [6.07, 6.45) is 7.19. The molecule has 6 rings (SSSR count). The number of hydrogen-bond donors (Lipinski definition) is 2. The molecule has 2 aromatic carbocycles. The third kappa shape index (κ3) is 4.07. The molecule has 4 aliphatic rings. The average molecular weight is 431 g/mol. The third-order valence-electron chi connectivity index (χ3n) is 7.93. The Labute approximate surface area is 191 Å². The summed E-state index contributed by atoms with van der Waals surface area (Å²) in [6, 6.07) is 15.3. The van der Waals surface area contributed by atoms with Gasteiger partial charge in [-0.05, 0) is 104 Å². The first-order valence-electron chi connectivity index (χ1n) is 12.0. The Morgan fingerprint density at radius 3 is 1.69 bits per heavy atom. The van der Waals surface area contributed by atoms with E-state index >= 15 is 0 Å². The molecule has 2 aromatic rings. The third-order valence-corrected chi connectivity index (χ3v) is 7.93.